The largest absolute Gasteiger partial charge is 0.378 e. The standard InChI is InChI=1S/C29H32FN5O2S2.C27H32FN9O.5H2/c1-19(13-26(36)35-10-2-3-21(18-35)14-20-4-6-24(30)7-5-20)33-29(37)34-25-16-22(27-31-8-11-38-27)15-23(17-25)28-32-9-12-39-28;1-20(8-12-35-11-2-3-22(19-35)15-21-4-6-23(28)7-5-21)31-27(38)32-24-16-25(36-13-9-29-33-36)18-26(17-24)37-14-10-30-34-37;;;;;/h4-9,11-12,15-17,19,21,26,36H,2-3,10,13-14,18H2,1H3,(H2,33,34,37);4-7,9-10,13-14,16-18,20,22H,2-3,8,11-12,15,19H2,1H3,(H2,31,32,38);5*1H/p+1/t19-,21+,26-;20-,22+;;;;;/m11...../s1. The molecule has 0 bridgehead atoms. The molecule has 5 atom stereocenters. The lowest BCUT2D eigenvalue weighted by molar-refractivity contribution is -0.659. The number of carbonyl (C=O) groups is 2. The number of nitrogens with one attached hydrogen (secondary N) is 5. The molecule has 6 N–H and O–H groups in total. The Morgan fingerprint density at radius 3 is 1.96 bits per heavy atom. The van der Waals surface area contributed by atoms with E-state index >= 15 is 0 Å². The van der Waals surface area contributed by atoms with Gasteiger partial charge < -0.3 is 31.3 Å². The summed E-state index contributed by atoms with van der Waals surface area (Å²) >= 11 is 3.07. The van der Waals surface area contributed by atoms with Gasteiger partial charge in [-0.2, -0.15) is 0 Å². The molecule has 17 nitrogen and oxygen atoms in total. The number of anilines is 2. The van der Waals surface area contributed by atoms with Gasteiger partial charge in [0.15, 0.2) is 11.9 Å². The number of likely N-dealkylation sites (tertiary alicyclic amines) is 2. The van der Waals surface area contributed by atoms with Crippen molar-refractivity contribution in [3.8, 4) is 32.5 Å². The maximum atomic E-state index is 13.2. The topological polar surface area (TPSA) is 198 Å². The Kier molecular flexibility index (Phi) is 18.9. The highest BCUT2D eigenvalue weighted by molar-refractivity contribution is 7.13. The molecule has 8 aromatic rings. The number of piperidine rings is 2. The highest BCUT2D eigenvalue weighted by atomic mass is 32.1. The van der Waals surface area contributed by atoms with Gasteiger partial charge >= 0.3 is 12.1 Å². The number of carbonyl (C=O) groups excluding carboxylic acids is 2. The smallest absolute Gasteiger partial charge is 0.319 e. The monoisotopic (exact) mass is 1090 g/mol. The van der Waals surface area contributed by atoms with Crippen molar-refractivity contribution in [3.05, 3.63) is 156 Å². The Labute approximate surface area is 462 Å². The third-order valence-corrected chi connectivity index (χ3v) is 15.4. The zero-order chi connectivity index (χ0) is 53.5. The van der Waals surface area contributed by atoms with E-state index in [0.29, 0.717) is 29.6 Å². The first-order chi connectivity index (χ1) is 37.4. The van der Waals surface area contributed by atoms with Crippen LogP contribution in [0.15, 0.2) is 133 Å². The molecule has 2 fully saturated rings. The summed E-state index contributed by atoms with van der Waals surface area (Å²) in [6.45, 7) is 8.54. The number of hydrogen-bond acceptors (Lipinski definition) is 12. The molecular weight excluding hydrogens is 1020 g/mol. The van der Waals surface area contributed by atoms with E-state index in [-0.39, 0.29) is 42.9 Å². The van der Waals surface area contributed by atoms with Crippen molar-refractivity contribution in [2.24, 2.45) is 11.8 Å². The summed E-state index contributed by atoms with van der Waals surface area (Å²) in [6, 6.07) is 24.2. The number of amides is 4. The number of thiazole rings is 2. The Bertz CT molecular complexity index is 3000. The Hall–Kier alpha value is -7.30. The van der Waals surface area contributed by atoms with Crippen molar-refractivity contribution in [1.82, 2.24) is 55.7 Å². The number of benzene rings is 4. The van der Waals surface area contributed by atoms with E-state index in [4.69, 9.17) is 0 Å². The second kappa shape index (κ2) is 26.6. The molecule has 4 aromatic carbocycles. The van der Waals surface area contributed by atoms with E-state index in [1.165, 1.54) is 58.9 Å². The number of urea groups is 2. The second-order valence-corrected chi connectivity index (χ2v) is 21.7. The quantitative estimate of drug-likeness (QED) is 0.0450. The summed E-state index contributed by atoms with van der Waals surface area (Å²) in [7, 11) is 0. The van der Waals surface area contributed by atoms with Crippen LogP contribution < -0.4 is 25.9 Å². The van der Waals surface area contributed by atoms with Crippen LogP contribution in [0.3, 0.4) is 0 Å². The SMILES string of the molecule is C[C@H](CCN1CCC[C@@H](Cc2ccc(F)cc2)C1)NC(=O)Nc1cc(-n2ccnn2)cc(-[n+]2ccn[nH]2)c1.C[C@H](C[C@@H](O)N1CCC[C@@H](Cc2ccc(F)cc2)C1)NC(=O)Nc1cc(-c2nccs2)cc(-c2nccs2)c1.[HH].[HH].[HH].[HH].[HH]. The molecular formula is C56H75F2N14O3S2+. The minimum atomic E-state index is -0.652. The van der Waals surface area contributed by atoms with Crippen molar-refractivity contribution in [2.75, 3.05) is 43.4 Å². The number of halogens is 2. The van der Waals surface area contributed by atoms with Gasteiger partial charge in [0.25, 0.3) is 0 Å². The molecule has 10 rings (SSSR count). The molecule has 0 spiro atoms. The number of aromatic nitrogens is 8. The normalized spacial score (nSPS) is 17.1. The molecule has 6 heterocycles. The molecule has 412 valence electrons. The molecule has 4 amide bonds. The summed E-state index contributed by atoms with van der Waals surface area (Å²) < 4.78 is 29.8. The Morgan fingerprint density at radius 2 is 1.38 bits per heavy atom. The molecule has 2 aliphatic rings. The van der Waals surface area contributed by atoms with Crippen molar-refractivity contribution >= 4 is 46.1 Å². The first-order valence-corrected chi connectivity index (χ1v) is 27.9. The van der Waals surface area contributed by atoms with E-state index in [9.17, 15) is 23.5 Å². The molecule has 2 aliphatic heterocycles. The van der Waals surface area contributed by atoms with Crippen LogP contribution in [0.4, 0.5) is 29.7 Å². The van der Waals surface area contributed by atoms with Gasteiger partial charge in [0.2, 0.25) is 6.20 Å². The van der Waals surface area contributed by atoms with E-state index in [2.05, 4.69) is 61.7 Å². The molecule has 0 radical (unpaired) electrons. The minimum absolute atomic E-state index is 0. The van der Waals surface area contributed by atoms with E-state index in [1.54, 1.807) is 46.5 Å². The van der Waals surface area contributed by atoms with Gasteiger partial charge in [-0.3, -0.25) is 4.90 Å². The van der Waals surface area contributed by atoms with Crippen LogP contribution in [0.5, 0.6) is 0 Å². The van der Waals surface area contributed by atoms with E-state index in [1.807, 2.05) is 85.3 Å². The molecule has 0 saturated carbocycles. The van der Waals surface area contributed by atoms with Gasteiger partial charge in [-0.25, -0.2) is 33.0 Å². The molecule has 77 heavy (non-hydrogen) atoms. The number of nitrogens with zero attached hydrogens (tertiary/aromatic N) is 9. The number of rotatable bonds is 18. The fourth-order valence-electron chi connectivity index (χ4n) is 10.1. The van der Waals surface area contributed by atoms with Crippen molar-refractivity contribution in [3.63, 3.8) is 0 Å². The fourth-order valence-corrected chi connectivity index (χ4v) is 11.3. The number of H-pyrrole nitrogens is 1. The average Bonchev–Trinajstić information content (AvgIpc) is 4.34. The maximum Gasteiger partial charge on any atom is 0.319 e. The van der Waals surface area contributed by atoms with E-state index in [0.717, 1.165) is 109 Å². The lowest BCUT2D eigenvalue weighted by Gasteiger charge is -2.37. The van der Waals surface area contributed by atoms with Crippen molar-refractivity contribution in [1.29, 1.82) is 0 Å². The van der Waals surface area contributed by atoms with Gasteiger partial charge in [-0.1, -0.05) is 34.7 Å². The lowest BCUT2D eigenvalue weighted by Crippen LogP contribution is -2.47. The van der Waals surface area contributed by atoms with Crippen LogP contribution in [0.1, 0.15) is 70.6 Å². The summed E-state index contributed by atoms with van der Waals surface area (Å²) in [5, 5.41) is 43.3. The molecule has 0 unspecified atom stereocenters. The lowest BCUT2D eigenvalue weighted by atomic mass is 9.91. The molecule has 0 aliphatic carbocycles. The van der Waals surface area contributed by atoms with Gasteiger partial charge in [0.05, 0.1) is 18.1 Å². The van der Waals surface area contributed by atoms with Crippen LogP contribution in [0.2, 0.25) is 0 Å². The van der Waals surface area contributed by atoms with Crippen LogP contribution in [0, 0.1) is 23.5 Å². The first kappa shape index (κ1) is 54.5. The molecule has 21 heteroatoms. The zero-order valence-corrected chi connectivity index (χ0v) is 44.8. The highest BCUT2D eigenvalue weighted by Gasteiger charge is 2.27. The number of aliphatic hydroxyl groups is 1. The summed E-state index contributed by atoms with van der Waals surface area (Å²) in [4.78, 5) is 39.1. The van der Waals surface area contributed by atoms with Crippen molar-refractivity contribution in [2.45, 2.75) is 83.5 Å². The highest BCUT2D eigenvalue weighted by Crippen LogP contribution is 2.33. The molecule has 2 saturated heterocycles. The fraction of sp³-hybridized carbons (Fsp3) is 0.357. The van der Waals surface area contributed by atoms with Crippen molar-refractivity contribution < 1.29 is 35.3 Å². The second-order valence-electron chi connectivity index (χ2n) is 19.9. The molecule has 4 aromatic heterocycles. The van der Waals surface area contributed by atoms with Crippen LogP contribution >= 0.6 is 22.7 Å². The maximum absolute atomic E-state index is 13.2. The summed E-state index contributed by atoms with van der Waals surface area (Å²) in [5.41, 5.74) is 6.95. The Balaban J connectivity index is 0.000000332. The number of aliphatic hydroxyl groups excluding tert-OH is 1. The van der Waals surface area contributed by atoms with Gasteiger partial charge in [-0.15, -0.1) is 32.5 Å². The van der Waals surface area contributed by atoms with Gasteiger partial charge in [-0.05, 0) is 137 Å². The Morgan fingerprint density at radius 1 is 0.766 bits per heavy atom. The summed E-state index contributed by atoms with van der Waals surface area (Å²) in [6.07, 6.45) is 17.2. The predicted molar refractivity (Wildman–Crippen MR) is 306 cm³/mol. The van der Waals surface area contributed by atoms with Gasteiger partial charge in [0, 0.05) is 115 Å². The first-order valence-electron chi connectivity index (χ1n) is 26.1. The predicted octanol–water partition coefficient (Wildman–Crippen LogP) is 10.7. The zero-order valence-electron chi connectivity index (χ0n) is 43.1. The van der Waals surface area contributed by atoms with E-state index < -0.39 is 6.23 Å². The summed E-state index contributed by atoms with van der Waals surface area (Å²) in [5.74, 6) is 0.560. The number of aromatic amines is 1. The van der Waals surface area contributed by atoms with Crippen LogP contribution in [-0.4, -0.2) is 113 Å². The van der Waals surface area contributed by atoms with Crippen LogP contribution in [-0.2, 0) is 12.8 Å². The van der Waals surface area contributed by atoms with Gasteiger partial charge in [0.1, 0.15) is 27.9 Å². The average molecular weight is 1090 g/mol. The third-order valence-electron chi connectivity index (χ3n) is 13.8. The van der Waals surface area contributed by atoms with Crippen LogP contribution in [0.25, 0.3) is 32.5 Å². The minimum Gasteiger partial charge on any atom is -0.378 e. The third kappa shape index (κ3) is 16.1. The number of hydrogen-bond donors (Lipinski definition) is 6.